The van der Waals surface area contributed by atoms with Crippen LogP contribution in [-0.4, -0.2) is 36.1 Å². The number of nitrogens with zero attached hydrogens (tertiary/aromatic N) is 1. The minimum Gasteiger partial charge on any atom is -0.493 e. The first-order valence-corrected chi connectivity index (χ1v) is 6.31. The van der Waals surface area contributed by atoms with Crippen molar-refractivity contribution in [3.63, 3.8) is 0 Å². The van der Waals surface area contributed by atoms with Gasteiger partial charge in [0.15, 0.2) is 11.5 Å². The summed E-state index contributed by atoms with van der Waals surface area (Å²) in [5.74, 6) is -1.13. The van der Waals surface area contributed by atoms with Crippen molar-refractivity contribution >= 4 is 23.3 Å². The first kappa shape index (κ1) is 17.2. The standard InChI is InChI=1S/C13H16N2O7/c1-21-10-6-8(9(15(19)20)7-11(10)22-2)14-12(16)4-3-5-13(17)18/h6-7H,3-5H2,1-2H3,(H,14,16)(H,17,18). The number of carboxylic acid groups (broad SMARTS) is 1. The minimum absolute atomic E-state index is 0.0389. The zero-order chi connectivity index (χ0) is 16.7. The molecule has 1 rings (SSSR count). The van der Waals surface area contributed by atoms with Crippen LogP contribution in [0.5, 0.6) is 11.5 Å². The fraction of sp³-hybridized carbons (Fsp3) is 0.385. The van der Waals surface area contributed by atoms with Crippen LogP contribution in [0.3, 0.4) is 0 Å². The number of nitro groups is 1. The molecule has 1 aromatic carbocycles. The molecule has 0 aliphatic carbocycles. The number of nitro benzene ring substituents is 1. The van der Waals surface area contributed by atoms with E-state index in [0.717, 1.165) is 6.07 Å². The zero-order valence-electron chi connectivity index (χ0n) is 12.1. The van der Waals surface area contributed by atoms with Gasteiger partial charge >= 0.3 is 5.97 Å². The van der Waals surface area contributed by atoms with Gasteiger partial charge in [-0.1, -0.05) is 0 Å². The highest BCUT2D eigenvalue weighted by Crippen LogP contribution is 2.37. The van der Waals surface area contributed by atoms with Crippen LogP contribution in [0.15, 0.2) is 12.1 Å². The number of hydrogen-bond donors (Lipinski definition) is 2. The number of nitrogens with one attached hydrogen (secondary N) is 1. The Bertz CT molecular complexity index is 586. The molecule has 0 unspecified atom stereocenters. The van der Waals surface area contributed by atoms with Crippen molar-refractivity contribution in [2.75, 3.05) is 19.5 Å². The molecule has 0 saturated heterocycles. The molecule has 9 heteroatoms. The van der Waals surface area contributed by atoms with Crippen molar-refractivity contribution in [1.82, 2.24) is 0 Å². The van der Waals surface area contributed by atoms with Gasteiger partial charge in [-0.3, -0.25) is 19.7 Å². The predicted octanol–water partition coefficient (Wildman–Crippen LogP) is 1.81. The van der Waals surface area contributed by atoms with Crippen LogP contribution in [0.2, 0.25) is 0 Å². The van der Waals surface area contributed by atoms with Gasteiger partial charge in [0.05, 0.1) is 25.2 Å². The number of ether oxygens (including phenoxy) is 2. The lowest BCUT2D eigenvalue weighted by Crippen LogP contribution is -2.13. The van der Waals surface area contributed by atoms with Gasteiger partial charge in [0.25, 0.3) is 5.69 Å². The van der Waals surface area contributed by atoms with Crippen molar-refractivity contribution in [3.8, 4) is 11.5 Å². The maximum Gasteiger partial charge on any atom is 0.303 e. The lowest BCUT2D eigenvalue weighted by Gasteiger charge is -2.11. The van der Waals surface area contributed by atoms with Gasteiger partial charge in [-0.15, -0.1) is 0 Å². The van der Waals surface area contributed by atoms with Crippen molar-refractivity contribution in [3.05, 3.63) is 22.2 Å². The number of anilines is 1. The Morgan fingerprint density at radius 2 is 1.82 bits per heavy atom. The molecule has 0 aliphatic heterocycles. The van der Waals surface area contributed by atoms with E-state index in [2.05, 4.69) is 5.32 Å². The lowest BCUT2D eigenvalue weighted by molar-refractivity contribution is -0.384. The van der Waals surface area contributed by atoms with E-state index in [1.54, 1.807) is 0 Å². The van der Waals surface area contributed by atoms with Gasteiger partial charge in [-0.25, -0.2) is 0 Å². The third-order valence-electron chi connectivity index (χ3n) is 2.77. The largest absolute Gasteiger partial charge is 0.493 e. The number of amides is 1. The molecule has 0 fully saturated rings. The molecule has 1 amide bonds. The van der Waals surface area contributed by atoms with Crippen molar-refractivity contribution in [2.45, 2.75) is 19.3 Å². The zero-order valence-corrected chi connectivity index (χ0v) is 12.1. The molecule has 0 atom stereocenters. The molecule has 9 nitrogen and oxygen atoms in total. The van der Waals surface area contributed by atoms with Crippen LogP contribution in [0.25, 0.3) is 0 Å². The molecule has 22 heavy (non-hydrogen) atoms. The molecule has 0 heterocycles. The Morgan fingerprint density at radius 3 is 2.32 bits per heavy atom. The third-order valence-corrected chi connectivity index (χ3v) is 2.77. The van der Waals surface area contributed by atoms with E-state index in [9.17, 15) is 19.7 Å². The molecule has 0 aliphatic rings. The number of hydrogen-bond acceptors (Lipinski definition) is 6. The van der Waals surface area contributed by atoms with Gasteiger partial charge < -0.3 is 19.9 Å². The average molecular weight is 312 g/mol. The number of aliphatic carboxylic acids is 1. The number of carbonyl (C=O) groups is 2. The second kappa shape index (κ2) is 7.81. The molecular weight excluding hydrogens is 296 g/mol. The second-order valence-electron chi connectivity index (χ2n) is 4.28. The molecule has 120 valence electrons. The van der Waals surface area contributed by atoms with Gasteiger partial charge in [-0.05, 0) is 6.42 Å². The molecule has 0 aromatic heterocycles. The normalized spacial score (nSPS) is 9.91. The summed E-state index contributed by atoms with van der Waals surface area (Å²) in [5.41, 5.74) is -0.382. The van der Waals surface area contributed by atoms with E-state index in [1.165, 1.54) is 20.3 Å². The van der Waals surface area contributed by atoms with Crippen LogP contribution >= 0.6 is 0 Å². The van der Waals surface area contributed by atoms with Crippen LogP contribution in [0.1, 0.15) is 19.3 Å². The first-order chi connectivity index (χ1) is 10.4. The molecule has 0 saturated carbocycles. The maximum absolute atomic E-state index is 11.7. The Kier molecular flexibility index (Phi) is 6.11. The van der Waals surface area contributed by atoms with Crippen LogP contribution < -0.4 is 14.8 Å². The fourth-order valence-corrected chi connectivity index (χ4v) is 1.73. The van der Waals surface area contributed by atoms with Gasteiger partial charge in [-0.2, -0.15) is 0 Å². The number of benzene rings is 1. The topological polar surface area (TPSA) is 128 Å². The Labute approximate surface area is 126 Å². The van der Waals surface area contributed by atoms with Crippen LogP contribution in [-0.2, 0) is 9.59 Å². The average Bonchev–Trinajstić information content (AvgIpc) is 2.45. The summed E-state index contributed by atoms with van der Waals surface area (Å²) in [6, 6.07) is 2.43. The SMILES string of the molecule is COc1cc(NC(=O)CCCC(=O)O)c([N+](=O)[O-])cc1OC. The minimum atomic E-state index is -1.01. The van der Waals surface area contributed by atoms with E-state index in [4.69, 9.17) is 14.6 Å². The van der Waals surface area contributed by atoms with E-state index in [1.807, 2.05) is 0 Å². The van der Waals surface area contributed by atoms with Crippen molar-refractivity contribution < 1.29 is 29.1 Å². The number of carbonyl (C=O) groups excluding carboxylic acids is 1. The molecular formula is C13H16N2O7. The van der Waals surface area contributed by atoms with E-state index < -0.39 is 16.8 Å². The van der Waals surface area contributed by atoms with E-state index in [0.29, 0.717) is 0 Å². The predicted molar refractivity (Wildman–Crippen MR) is 76.3 cm³/mol. The molecule has 0 bridgehead atoms. The fourth-order valence-electron chi connectivity index (χ4n) is 1.73. The Morgan fingerprint density at radius 1 is 1.23 bits per heavy atom. The van der Waals surface area contributed by atoms with E-state index >= 15 is 0 Å². The summed E-state index contributed by atoms with van der Waals surface area (Å²) >= 11 is 0. The number of rotatable bonds is 8. The van der Waals surface area contributed by atoms with Gasteiger partial charge in [0, 0.05) is 18.9 Å². The van der Waals surface area contributed by atoms with E-state index in [-0.39, 0.29) is 42.1 Å². The molecule has 0 radical (unpaired) electrons. The highest BCUT2D eigenvalue weighted by atomic mass is 16.6. The Hall–Kier alpha value is -2.84. The Balaban J connectivity index is 2.94. The lowest BCUT2D eigenvalue weighted by atomic mass is 10.2. The monoisotopic (exact) mass is 312 g/mol. The quantitative estimate of drug-likeness (QED) is 0.553. The smallest absolute Gasteiger partial charge is 0.303 e. The summed E-state index contributed by atoms with van der Waals surface area (Å²) in [6.45, 7) is 0. The number of methoxy groups -OCH3 is 2. The summed E-state index contributed by atoms with van der Waals surface area (Å²) in [7, 11) is 2.70. The highest BCUT2D eigenvalue weighted by Gasteiger charge is 2.21. The van der Waals surface area contributed by atoms with Crippen molar-refractivity contribution in [2.24, 2.45) is 0 Å². The van der Waals surface area contributed by atoms with Crippen LogP contribution in [0, 0.1) is 10.1 Å². The van der Waals surface area contributed by atoms with Crippen molar-refractivity contribution in [1.29, 1.82) is 0 Å². The van der Waals surface area contributed by atoms with Gasteiger partial charge in [0.1, 0.15) is 5.69 Å². The molecule has 2 N–H and O–H groups in total. The summed E-state index contributed by atoms with van der Waals surface area (Å²) < 4.78 is 10.0. The molecule has 0 spiro atoms. The maximum atomic E-state index is 11.7. The summed E-state index contributed by atoms with van der Waals surface area (Å²) in [5, 5.41) is 21.9. The summed E-state index contributed by atoms with van der Waals surface area (Å²) in [6.07, 6.45) is -0.0680. The van der Waals surface area contributed by atoms with Crippen LogP contribution in [0.4, 0.5) is 11.4 Å². The number of carboxylic acids is 1. The van der Waals surface area contributed by atoms with Gasteiger partial charge in [0.2, 0.25) is 5.91 Å². The third kappa shape index (κ3) is 4.62. The summed E-state index contributed by atoms with van der Waals surface area (Å²) in [4.78, 5) is 32.5. The second-order valence-corrected chi connectivity index (χ2v) is 4.28. The molecule has 1 aromatic rings. The highest BCUT2D eigenvalue weighted by molar-refractivity contribution is 5.93. The first-order valence-electron chi connectivity index (χ1n) is 6.31.